The summed E-state index contributed by atoms with van der Waals surface area (Å²) in [7, 11) is 0. The Morgan fingerprint density at radius 3 is 2.57 bits per heavy atom. The normalized spacial score (nSPS) is 49.9. The molecule has 30 heavy (non-hydrogen) atoms. The van der Waals surface area contributed by atoms with Gasteiger partial charge in [-0.05, 0) is 79.1 Å². The molecule has 4 heteroatoms. The minimum atomic E-state index is -0.317. The van der Waals surface area contributed by atoms with Gasteiger partial charge in [0.25, 0.3) is 0 Å². The zero-order valence-electron chi connectivity index (χ0n) is 19.2. The number of ether oxygens (including phenoxy) is 2. The lowest BCUT2D eigenvalue weighted by atomic mass is 9.43. The van der Waals surface area contributed by atoms with Gasteiger partial charge in [0.15, 0.2) is 12.1 Å². The summed E-state index contributed by atoms with van der Waals surface area (Å²) in [6.07, 6.45) is 8.94. The minimum Gasteiger partial charge on any atom is -0.392 e. The highest BCUT2D eigenvalue weighted by Gasteiger charge is 2.63. The maximum Gasteiger partial charge on any atom is 0.160 e. The molecule has 0 aromatic rings. The van der Waals surface area contributed by atoms with Crippen LogP contribution >= 0.6 is 0 Å². The van der Waals surface area contributed by atoms with E-state index in [-0.39, 0.29) is 34.9 Å². The van der Waals surface area contributed by atoms with E-state index >= 15 is 0 Å². The summed E-state index contributed by atoms with van der Waals surface area (Å²) in [6.45, 7) is 10.9. The van der Waals surface area contributed by atoms with Crippen molar-refractivity contribution in [3.8, 4) is 0 Å². The Morgan fingerprint density at radius 1 is 1.13 bits per heavy atom. The van der Waals surface area contributed by atoms with Crippen LogP contribution in [0.4, 0.5) is 0 Å². The van der Waals surface area contributed by atoms with Crippen LogP contribution in [-0.4, -0.2) is 36.5 Å². The highest BCUT2D eigenvalue weighted by molar-refractivity contribution is 5.91. The van der Waals surface area contributed by atoms with E-state index in [0.717, 1.165) is 26.1 Å². The fourth-order valence-corrected chi connectivity index (χ4v) is 8.97. The molecule has 0 amide bonds. The van der Waals surface area contributed by atoms with E-state index < -0.39 is 0 Å². The van der Waals surface area contributed by atoms with Crippen LogP contribution in [0, 0.1) is 46.3 Å². The zero-order valence-corrected chi connectivity index (χ0v) is 19.2. The monoisotopic (exact) mass is 416 g/mol. The molecule has 9 atom stereocenters. The first-order valence-electron chi connectivity index (χ1n) is 12.5. The molecule has 5 aliphatic rings. The Labute approximate surface area is 181 Å². The number of ketones is 1. The molecule has 0 aromatic heterocycles. The van der Waals surface area contributed by atoms with Gasteiger partial charge in [-0.1, -0.05) is 33.3 Å². The fraction of sp³-hybridized carbons (Fsp3) is 0.885. The van der Waals surface area contributed by atoms with E-state index in [1.807, 2.05) is 6.08 Å². The fourth-order valence-electron chi connectivity index (χ4n) is 8.97. The second kappa shape index (κ2) is 7.42. The molecule has 4 aliphatic carbocycles. The second-order valence-corrected chi connectivity index (χ2v) is 11.5. The molecule has 4 nitrogen and oxygen atoms in total. The van der Waals surface area contributed by atoms with Crippen LogP contribution in [0.2, 0.25) is 0 Å². The molecule has 1 heterocycles. The number of carbonyl (C=O) groups is 1. The van der Waals surface area contributed by atoms with E-state index in [4.69, 9.17) is 9.47 Å². The number of hydrogen-bond acceptors (Lipinski definition) is 4. The van der Waals surface area contributed by atoms with Gasteiger partial charge in [0, 0.05) is 18.3 Å². The van der Waals surface area contributed by atoms with Crippen molar-refractivity contribution in [2.45, 2.75) is 85.0 Å². The lowest BCUT2D eigenvalue weighted by Crippen LogP contribution is -2.58. The Balaban J connectivity index is 1.48. The van der Waals surface area contributed by atoms with Crippen LogP contribution in [0.5, 0.6) is 0 Å². The van der Waals surface area contributed by atoms with Crippen LogP contribution in [0.3, 0.4) is 0 Å². The summed E-state index contributed by atoms with van der Waals surface area (Å²) in [5.41, 5.74) is 1.60. The first-order valence-corrected chi connectivity index (χ1v) is 12.5. The molecule has 1 N–H and O–H groups in total. The van der Waals surface area contributed by atoms with Gasteiger partial charge >= 0.3 is 0 Å². The Kier molecular flexibility index (Phi) is 5.23. The Bertz CT molecular complexity index is 725. The third kappa shape index (κ3) is 2.85. The predicted octanol–water partition coefficient (Wildman–Crippen LogP) is 4.75. The van der Waals surface area contributed by atoms with E-state index in [0.29, 0.717) is 36.0 Å². The number of aliphatic hydroxyl groups is 1. The summed E-state index contributed by atoms with van der Waals surface area (Å²) < 4.78 is 11.8. The van der Waals surface area contributed by atoms with Crippen molar-refractivity contribution in [3.63, 3.8) is 0 Å². The van der Waals surface area contributed by atoms with Crippen molar-refractivity contribution in [1.82, 2.24) is 0 Å². The maximum absolute atomic E-state index is 12.3. The van der Waals surface area contributed by atoms with Crippen molar-refractivity contribution < 1.29 is 19.4 Å². The van der Waals surface area contributed by atoms with E-state index in [9.17, 15) is 9.90 Å². The van der Waals surface area contributed by atoms with Gasteiger partial charge in [0.1, 0.15) is 0 Å². The summed E-state index contributed by atoms with van der Waals surface area (Å²) in [4.78, 5) is 12.3. The molecular formula is C26H40O4. The van der Waals surface area contributed by atoms with Crippen LogP contribution < -0.4 is 0 Å². The summed E-state index contributed by atoms with van der Waals surface area (Å²) >= 11 is 0. The van der Waals surface area contributed by atoms with Gasteiger partial charge in [-0.15, -0.1) is 0 Å². The number of carbonyl (C=O) groups excluding carboxylic acids is 1. The summed E-state index contributed by atoms with van der Waals surface area (Å²) in [5.74, 6) is 2.81. The molecule has 0 bridgehead atoms. The molecule has 0 spiro atoms. The van der Waals surface area contributed by atoms with Gasteiger partial charge < -0.3 is 14.6 Å². The smallest absolute Gasteiger partial charge is 0.160 e. The van der Waals surface area contributed by atoms with Crippen molar-refractivity contribution >= 4 is 5.78 Å². The summed E-state index contributed by atoms with van der Waals surface area (Å²) in [6, 6.07) is 0. The molecule has 3 unspecified atom stereocenters. The van der Waals surface area contributed by atoms with Crippen molar-refractivity contribution in [2.75, 3.05) is 13.2 Å². The first kappa shape index (κ1) is 21.2. The maximum atomic E-state index is 12.3. The molecule has 3 saturated carbocycles. The predicted molar refractivity (Wildman–Crippen MR) is 116 cm³/mol. The van der Waals surface area contributed by atoms with Crippen LogP contribution in [0.25, 0.3) is 0 Å². The van der Waals surface area contributed by atoms with Gasteiger partial charge in [-0.2, -0.15) is 0 Å². The average molecular weight is 417 g/mol. The second-order valence-electron chi connectivity index (χ2n) is 11.5. The molecule has 1 aliphatic heterocycles. The lowest BCUT2D eigenvalue weighted by molar-refractivity contribution is -0.151. The SMILES string of the molecule is CC[C@H]1C2=CC(=O)CC[C@]2(C)C2CC[C@@]3(C)C(CC[C@@H]3[C@H](C)C3OCCO3)C2[C@@H]1O. The molecule has 0 aromatic carbocycles. The Morgan fingerprint density at radius 2 is 1.87 bits per heavy atom. The molecule has 5 rings (SSSR count). The van der Waals surface area contributed by atoms with Gasteiger partial charge in [0.2, 0.25) is 0 Å². The van der Waals surface area contributed by atoms with Gasteiger partial charge in [-0.25, -0.2) is 0 Å². The van der Waals surface area contributed by atoms with E-state index in [1.54, 1.807) is 0 Å². The van der Waals surface area contributed by atoms with Gasteiger partial charge in [-0.3, -0.25) is 4.79 Å². The lowest BCUT2D eigenvalue weighted by Gasteiger charge is -2.62. The number of hydrogen-bond donors (Lipinski definition) is 1. The quantitative estimate of drug-likeness (QED) is 0.721. The van der Waals surface area contributed by atoms with Crippen LogP contribution in [-0.2, 0) is 14.3 Å². The standard InChI is InChI=1S/C26H40O4/c1-5-17-21-14-16(27)8-10-26(21,4)20-9-11-25(3)18(15(2)24-29-12-13-30-24)6-7-19(25)22(20)23(17)28/h14-15,17-20,22-24,28H,5-13H2,1-4H3/t15-,17-,18+,19?,20?,22?,23+,25+,26+/m0/s1. The highest BCUT2D eigenvalue weighted by atomic mass is 16.7. The van der Waals surface area contributed by atoms with Crippen molar-refractivity contribution in [3.05, 3.63) is 11.6 Å². The van der Waals surface area contributed by atoms with Crippen LogP contribution in [0.1, 0.15) is 72.6 Å². The molecule has 0 radical (unpaired) electrons. The topological polar surface area (TPSA) is 55.8 Å². The van der Waals surface area contributed by atoms with E-state index in [1.165, 1.54) is 31.3 Å². The molecule has 1 saturated heterocycles. The van der Waals surface area contributed by atoms with E-state index in [2.05, 4.69) is 27.7 Å². The first-order chi connectivity index (χ1) is 14.3. The zero-order chi connectivity index (χ0) is 21.3. The van der Waals surface area contributed by atoms with Gasteiger partial charge in [0.05, 0.1) is 19.3 Å². The van der Waals surface area contributed by atoms with Crippen molar-refractivity contribution in [2.24, 2.45) is 46.3 Å². The van der Waals surface area contributed by atoms with Crippen LogP contribution in [0.15, 0.2) is 11.6 Å². The third-order valence-corrected chi connectivity index (χ3v) is 10.4. The molecular weight excluding hydrogens is 376 g/mol. The number of fused-ring (bicyclic) bond motifs is 5. The number of aliphatic hydroxyl groups excluding tert-OH is 1. The Hall–Kier alpha value is -0.710. The summed E-state index contributed by atoms with van der Waals surface area (Å²) in [5, 5.41) is 11.7. The third-order valence-electron chi connectivity index (χ3n) is 10.4. The average Bonchev–Trinajstić information content (AvgIpc) is 3.37. The highest BCUT2D eigenvalue weighted by Crippen LogP contribution is 2.68. The van der Waals surface area contributed by atoms with Crippen molar-refractivity contribution in [1.29, 1.82) is 0 Å². The minimum absolute atomic E-state index is 0.0561. The molecule has 4 fully saturated rings. The number of rotatable bonds is 3. The molecule has 168 valence electrons. The largest absolute Gasteiger partial charge is 0.392 e.